The SMILES string of the molecule is COc1cc(C(=O)N2CCN(C(=O)c3ccn(C)c3)CC2)ccc1C. The van der Waals surface area contributed by atoms with E-state index >= 15 is 0 Å². The van der Waals surface area contributed by atoms with Crippen molar-refractivity contribution in [3.8, 4) is 5.75 Å². The summed E-state index contributed by atoms with van der Waals surface area (Å²) < 4.78 is 7.16. The number of hydrogen-bond donors (Lipinski definition) is 0. The molecule has 2 aromatic rings. The molecule has 1 fully saturated rings. The first-order valence-corrected chi connectivity index (χ1v) is 8.35. The molecule has 1 aliphatic heterocycles. The van der Waals surface area contributed by atoms with Crippen LogP contribution in [0, 0.1) is 6.92 Å². The van der Waals surface area contributed by atoms with Crippen LogP contribution in [-0.4, -0.2) is 59.5 Å². The van der Waals surface area contributed by atoms with Crippen molar-refractivity contribution in [2.24, 2.45) is 7.05 Å². The quantitative estimate of drug-likeness (QED) is 0.857. The van der Waals surface area contributed by atoms with E-state index in [1.165, 1.54) is 0 Å². The summed E-state index contributed by atoms with van der Waals surface area (Å²) in [7, 11) is 3.49. The van der Waals surface area contributed by atoms with Gasteiger partial charge in [0.05, 0.1) is 12.7 Å². The van der Waals surface area contributed by atoms with Gasteiger partial charge in [-0.25, -0.2) is 0 Å². The van der Waals surface area contributed by atoms with E-state index < -0.39 is 0 Å². The van der Waals surface area contributed by atoms with Crippen LogP contribution in [0.3, 0.4) is 0 Å². The molecule has 25 heavy (non-hydrogen) atoms. The van der Waals surface area contributed by atoms with Crippen LogP contribution in [0.25, 0.3) is 0 Å². The van der Waals surface area contributed by atoms with Crippen LogP contribution < -0.4 is 4.74 Å². The number of carbonyl (C=O) groups excluding carboxylic acids is 2. The monoisotopic (exact) mass is 341 g/mol. The lowest BCUT2D eigenvalue weighted by Gasteiger charge is -2.34. The molecule has 0 radical (unpaired) electrons. The fourth-order valence-electron chi connectivity index (χ4n) is 3.06. The predicted octanol–water partition coefficient (Wildman–Crippen LogP) is 1.94. The van der Waals surface area contributed by atoms with Gasteiger partial charge in [-0.05, 0) is 30.7 Å². The van der Waals surface area contributed by atoms with E-state index in [4.69, 9.17) is 4.74 Å². The number of amides is 2. The van der Waals surface area contributed by atoms with Crippen molar-refractivity contribution in [1.82, 2.24) is 14.4 Å². The summed E-state index contributed by atoms with van der Waals surface area (Å²) in [6.07, 6.45) is 3.68. The van der Waals surface area contributed by atoms with E-state index in [-0.39, 0.29) is 11.8 Å². The van der Waals surface area contributed by atoms with Crippen LogP contribution in [0.5, 0.6) is 5.75 Å². The number of benzene rings is 1. The molecule has 3 rings (SSSR count). The Morgan fingerprint density at radius 1 is 0.960 bits per heavy atom. The molecule has 1 saturated heterocycles. The van der Waals surface area contributed by atoms with Crippen molar-refractivity contribution >= 4 is 11.8 Å². The maximum atomic E-state index is 12.7. The first-order valence-electron chi connectivity index (χ1n) is 8.35. The lowest BCUT2D eigenvalue weighted by molar-refractivity contribution is 0.0535. The number of aromatic nitrogens is 1. The molecule has 1 aliphatic rings. The molecule has 0 saturated carbocycles. The average molecular weight is 341 g/mol. The van der Waals surface area contributed by atoms with Crippen molar-refractivity contribution in [3.63, 3.8) is 0 Å². The minimum absolute atomic E-state index is 0.0182. The molecule has 1 aromatic heterocycles. The molecule has 2 amide bonds. The molecule has 0 unspecified atom stereocenters. The zero-order chi connectivity index (χ0) is 18.0. The third-order valence-corrected chi connectivity index (χ3v) is 4.59. The van der Waals surface area contributed by atoms with E-state index in [2.05, 4.69) is 0 Å². The van der Waals surface area contributed by atoms with Gasteiger partial charge in [-0.1, -0.05) is 6.07 Å². The van der Waals surface area contributed by atoms with Crippen LogP contribution >= 0.6 is 0 Å². The molecule has 0 bridgehead atoms. The van der Waals surface area contributed by atoms with Gasteiger partial charge in [0.2, 0.25) is 0 Å². The number of hydrogen-bond acceptors (Lipinski definition) is 3. The smallest absolute Gasteiger partial charge is 0.255 e. The topological polar surface area (TPSA) is 54.8 Å². The molecule has 0 atom stereocenters. The van der Waals surface area contributed by atoms with E-state index in [1.807, 2.05) is 49.1 Å². The lowest BCUT2D eigenvalue weighted by Crippen LogP contribution is -2.50. The van der Waals surface area contributed by atoms with E-state index in [1.54, 1.807) is 23.0 Å². The fourth-order valence-corrected chi connectivity index (χ4v) is 3.06. The van der Waals surface area contributed by atoms with Crippen molar-refractivity contribution in [2.45, 2.75) is 6.92 Å². The Morgan fingerprint density at radius 3 is 2.08 bits per heavy atom. The molecule has 132 valence electrons. The zero-order valence-corrected chi connectivity index (χ0v) is 14.9. The highest BCUT2D eigenvalue weighted by molar-refractivity contribution is 5.96. The number of piperazine rings is 1. The molecule has 0 spiro atoms. The number of rotatable bonds is 3. The first kappa shape index (κ1) is 17.1. The number of carbonyl (C=O) groups is 2. The van der Waals surface area contributed by atoms with Crippen LogP contribution in [0.1, 0.15) is 26.3 Å². The number of ether oxygens (including phenoxy) is 1. The second-order valence-electron chi connectivity index (χ2n) is 6.33. The predicted molar refractivity (Wildman–Crippen MR) is 95.0 cm³/mol. The van der Waals surface area contributed by atoms with Crippen LogP contribution in [-0.2, 0) is 7.05 Å². The van der Waals surface area contributed by atoms with Gasteiger partial charge in [-0.2, -0.15) is 0 Å². The summed E-state index contributed by atoms with van der Waals surface area (Å²) in [5.74, 6) is 0.707. The summed E-state index contributed by atoms with van der Waals surface area (Å²) in [5.41, 5.74) is 2.30. The highest BCUT2D eigenvalue weighted by atomic mass is 16.5. The normalized spacial score (nSPS) is 14.5. The van der Waals surface area contributed by atoms with Crippen molar-refractivity contribution in [1.29, 1.82) is 0 Å². The number of methoxy groups -OCH3 is 1. The summed E-state index contributed by atoms with van der Waals surface area (Å²) in [6.45, 7) is 4.10. The molecule has 0 aliphatic carbocycles. The minimum atomic E-state index is -0.0230. The number of aryl methyl sites for hydroxylation is 2. The molecule has 0 N–H and O–H groups in total. The summed E-state index contributed by atoms with van der Waals surface area (Å²) in [6, 6.07) is 7.31. The van der Waals surface area contributed by atoms with Gasteiger partial charge >= 0.3 is 0 Å². The fraction of sp³-hybridized carbons (Fsp3) is 0.368. The third kappa shape index (κ3) is 3.52. The van der Waals surface area contributed by atoms with Gasteiger partial charge in [0, 0.05) is 51.2 Å². The molecule has 6 nitrogen and oxygen atoms in total. The van der Waals surface area contributed by atoms with Gasteiger partial charge in [-0.3, -0.25) is 9.59 Å². The van der Waals surface area contributed by atoms with Crippen LogP contribution in [0.15, 0.2) is 36.7 Å². The summed E-state index contributed by atoms with van der Waals surface area (Å²) >= 11 is 0. The Hall–Kier alpha value is -2.76. The van der Waals surface area contributed by atoms with Crippen molar-refractivity contribution in [3.05, 3.63) is 53.3 Å². The van der Waals surface area contributed by atoms with Crippen molar-refractivity contribution < 1.29 is 14.3 Å². The first-order chi connectivity index (χ1) is 12.0. The Kier molecular flexibility index (Phi) is 4.79. The second-order valence-corrected chi connectivity index (χ2v) is 6.33. The Balaban J connectivity index is 1.64. The van der Waals surface area contributed by atoms with E-state index in [0.717, 1.165) is 5.56 Å². The Morgan fingerprint density at radius 2 is 1.56 bits per heavy atom. The van der Waals surface area contributed by atoms with Gasteiger partial charge in [0.15, 0.2) is 0 Å². The Bertz CT molecular complexity index is 789. The molecule has 6 heteroatoms. The summed E-state index contributed by atoms with van der Waals surface area (Å²) in [4.78, 5) is 28.8. The lowest BCUT2D eigenvalue weighted by atomic mass is 10.1. The van der Waals surface area contributed by atoms with Crippen LogP contribution in [0.2, 0.25) is 0 Å². The average Bonchev–Trinajstić information content (AvgIpc) is 3.07. The van der Waals surface area contributed by atoms with E-state index in [9.17, 15) is 9.59 Å². The van der Waals surface area contributed by atoms with Gasteiger partial charge in [0.25, 0.3) is 11.8 Å². The molecule has 1 aromatic carbocycles. The number of nitrogens with zero attached hydrogens (tertiary/aromatic N) is 3. The van der Waals surface area contributed by atoms with E-state index in [0.29, 0.717) is 43.1 Å². The maximum absolute atomic E-state index is 12.7. The van der Waals surface area contributed by atoms with Gasteiger partial charge < -0.3 is 19.1 Å². The largest absolute Gasteiger partial charge is 0.496 e. The highest BCUT2D eigenvalue weighted by Crippen LogP contribution is 2.20. The molecular formula is C19H23N3O3. The standard InChI is InChI=1S/C19H23N3O3/c1-14-4-5-15(12-17(14)25-3)18(23)21-8-10-22(11-9-21)19(24)16-6-7-20(2)13-16/h4-7,12-13H,8-11H2,1-3H3. The summed E-state index contributed by atoms with van der Waals surface area (Å²) in [5, 5.41) is 0. The van der Waals surface area contributed by atoms with Gasteiger partial charge in [-0.15, -0.1) is 0 Å². The molecular weight excluding hydrogens is 318 g/mol. The minimum Gasteiger partial charge on any atom is -0.496 e. The maximum Gasteiger partial charge on any atom is 0.255 e. The highest BCUT2D eigenvalue weighted by Gasteiger charge is 2.26. The van der Waals surface area contributed by atoms with Crippen LogP contribution in [0.4, 0.5) is 0 Å². The van der Waals surface area contributed by atoms with Crippen molar-refractivity contribution in [2.75, 3.05) is 33.3 Å². The molecule has 2 heterocycles. The van der Waals surface area contributed by atoms with Gasteiger partial charge in [0.1, 0.15) is 5.75 Å². The second kappa shape index (κ2) is 7.01. The Labute approximate surface area is 147 Å². The zero-order valence-electron chi connectivity index (χ0n) is 14.9. The third-order valence-electron chi connectivity index (χ3n) is 4.59.